The maximum atomic E-state index is 3.50. The predicted molar refractivity (Wildman–Crippen MR) is 64.8 cm³/mol. The lowest BCUT2D eigenvalue weighted by molar-refractivity contribution is 0.594. The van der Waals surface area contributed by atoms with Gasteiger partial charge in [-0.15, -0.1) is 0 Å². The first-order chi connectivity index (χ1) is 7.34. The Hall–Kier alpha value is -0.820. The van der Waals surface area contributed by atoms with Crippen molar-refractivity contribution in [1.82, 2.24) is 5.32 Å². The molecule has 0 bridgehead atoms. The summed E-state index contributed by atoms with van der Waals surface area (Å²) in [6.45, 7) is 4.32. The Morgan fingerprint density at radius 2 is 1.93 bits per heavy atom. The maximum absolute atomic E-state index is 3.50. The molecule has 1 heteroatoms. The summed E-state index contributed by atoms with van der Waals surface area (Å²) in [4.78, 5) is 0. The van der Waals surface area contributed by atoms with Crippen LogP contribution >= 0.6 is 0 Å². The van der Waals surface area contributed by atoms with Crippen LogP contribution in [0.1, 0.15) is 36.8 Å². The third-order valence-electron chi connectivity index (χ3n) is 3.11. The molecule has 1 aromatic carbocycles. The molecule has 1 aromatic rings. The summed E-state index contributed by atoms with van der Waals surface area (Å²) in [6.07, 6.45) is 5.74. The molecule has 1 fully saturated rings. The van der Waals surface area contributed by atoms with Crippen LogP contribution in [0.15, 0.2) is 24.3 Å². The zero-order chi connectivity index (χ0) is 10.5. The third-order valence-corrected chi connectivity index (χ3v) is 3.11. The Bertz CT molecular complexity index is 285. The van der Waals surface area contributed by atoms with E-state index >= 15 is 0 Å². The number of benzene rings is 1. The van der Waals surface area contributed by atoms with E-state index in [2.05, 4.69) is 36.5 Å². The Kier molecular flexibility index (Phi) is 3.79. The van der Waals surface area contributed by atoms with Gasteiger partial charge in [0.15, 0.2) is 0 Å². The van der Waals surface area contributed by atoms with Gasteiger partial charge in [-0.1, -0.05) is 42.7 Å². The molecule has 0 saturated heterocycles. The van der Waals surface area contributed by atoms with E-state index < -0.39 is 0 Å². The second-order valence-electron chi connectivity index (χ2n) is 4.75. The minimum atomic E-state index is 1.02. The van der Waals surface area contributed by atoms with E-state index in [1.54, 1.807) is 0 Å². The maximum Gasteiger partial charge on any atom is 0.0205 e. The topological polar surface area (TPSA) is 12.0 Å². The first-order valence-electron chi connectivity index (χ1n) is 6.11. The average molecular weight is 203 g/mol. The Morgan fingerprint density at radius 1 is 1.20 bits per heavy atom. The molecule has 1 N–H and O–H groups in total. The van der Waals surface area contributed by atoms with Gasteiger partial charge in [0, 0.05) is 6.54 Å². The minimum Gasteiger partial charge on any atom is -0.313 e. The summed E-state index contributed by atoms with van der Waals surface area (Å²) in [7, 11) is 0. The van der Waals surface area contributed by atoms with Crippen LogP contribution in [0, 0.1) is 12.8 Å². The Balaban J connectivity index is 1.58. The second-order valence-corrected chi connectivity index (χ2v) is 4.75. The predicted octanol–water partition coefficient (Wildman–Crippen LogP) is 3.27. The van der Waals surface area contributed by atoms with Crippen molar-refractivity contribution in [2.24, 2.45) is 5.92 Å². The molecule has 0 radical (unpaired) electrons. The van der Waals surface area contributed by atoms with Crippen molar-refractivity contribution in [2.45, 2.75) is 39.2 Å². The van der Waals surface area contributed by atoms with Crippen LogP contribution in [0.25, 0.3) is 0 Å². The molecular formula is C14H21N. The Morgan fingerprint density at radius 3 is 2.60 bits per heavy atom. The number of nitrogens with one attached hydrogen (secondary N) is 1. The van der Waals surface area contributed by atoms with E-state index in [0.29, 0.717) is 0 Å². The Labute approximate surface area is 92.9 Å². The van der Waals surface area contributed by atoms with Gasteiger partial charge in [-0.2, -0.15) is 0 Å². The molecule has 1 aliphatic carbocycles. The first-order valence-corrected chi connectivity index (χ1v) is 6.11. The molecule has 1 saturated carbocycles. The van der Waals surface area contributed by atoms with E-state index in [0.717, 1.165) is 12.5 Å². The highest BCUT2D eigenvalue weighted by molar-refractivity contribution is 5.20. The fourth-order valence-corrected chi connectivity index (χ4v) is 1.86. The van der Waals surface area contributed by atoms with E-state index in [9.17, 15) is 0 Å². The number of aryl methyl sites for hydroxylation is 1. The van der Waals surface area contributed by atoms with Crippen molar-refractivity contribution < 1.29 is 0 Å². The van der Waals surface area contributed by atoms with Crippen molar-refractivity contribution in [2.75, 3.05) is 6.54 Å². The fourth-order valence-electron chi connectivity index (χ4n) is 1.86. The van der Waals surface area contributed by atoms with Gasteiger partial charge in [0.25, 0.3) is 0 Å². The lowest BCUT2D eigenvalue weighted by atomic mass is 10.1. The van der Waals surface area contributed by atoms with Crippen LogP contribution < -0.4 is 5.32 Å². The van der Waals surface area contributed by atoms with Crippen LogP contribution in [0.2, 0.25) is 0 Å². The summed E-state index contributed by atoms with van der Waals surface area (Å²) in [5.74, 6) is 1.08. The van der Waals surface area contributed by atoms with Crippen molar-refractivity contribution in [3.05, 3.63) is 35.4 Å². The number of rotatable bonds is 6. The molecule has 15 heavy (non-hydrogen) atoms. The summed E-state index contributed by atoms with van der Waals surface area (Å²) in [6, 6.07) is 8.79. The molecule has 82 valence electrons. The zero-order valence-corrected chi connectivity index (χ0v) is 9.63. The van der Waals surface area contributed by atoms with Crippen molar-refractivity contribution in [3.63, 3.8) is 0 Å². The second kappa shape index (κ2) is 5.32. The van der Waals surface area contributed by atoms with Crippen molar-refractivity contribution in [3.8, 4) is 0 Å². The van der Waals surface area contributed by atoms with Gasteiger partial charge in [-0.25, -0.2) is 0 Å². The highest BCUT2D eigenvalue weighted by Gasteiger charge is 2.19. The highest BCUT2D eigenvalue weighted by Crippen LogP contribution is 2.33. The summed E-state index contributed by atoms with van der Waals surface area (Å²) in [5, 5.41) is 3.50. The molecule has 1 nitrogen and oxygen atoms in total. The normalized spacial score (nSPS) is 15.5. The smallest absolute Gasteiger partial charge is 0.0205 e. The third kappa shape index (κ3) is 4.05. The van der Waals surface area contributed by atoms with Gasteiger partial charge in [-0.05, 0) is 37.8 Å². The molecule has 0 aromatic heterocycles. The molecular weight excluding hydrogens is 182 g/mol. The molecule has 0 heterocycles. The van der Waals surface area contributed by atoms with Gasteiger partial charge in [0.2, 0.25) is 0 Å². The van der Waals surface area contributed by atoms with Crippen LogP contribution in [0.3, 0.4) is 0 Å². The van der Waals surface area contributed by atoms with Crippen molar-refractivity contribution >= 4 is 0 Å². The van der Waals surface area contributed by atoms with E-state index in [1.165, 1.54) is 43.4 Å². The lowest BCUT2D eigenvalue weighted by Gasteiger charge is -2.04. The average Bonchev–Trinajstić information content (AvgIpc) is 3.04. The van der Waals surface area contributed by atoms with Gasteiger partial charge in [-0.3, -0.25) is 0 Å². The lowest BCUT2D eigenvalue weighted by Crippen LogP contribution is -2.14. The molecule has 0 unspecified atom stereocenters. The summed E-state index contributed by atoms with van der Waals surface area (Å²) < 4.78 is 0. The molecule has 0 atom stereocenters. The number of hydrogen-bond acceptors (Lipinski definition) is 1. The molecule has 1 aliphatic rings. The van der Waals surface area contributed by atoms with Gasteiger partial charge in [0.1, 0.15) is 0 Å². The monoisotopic (exact) mass is 203 g/mol. The van der Waals surface area contributed by atoms with E-state index in [1.807, 2.05) is 0 Å². The summed E-state index contributed by atoms with van der Waals surface area (Å²) in [5.41, 5.74) is 2.74. The fraction of sp³-hybridized carbons (Fsp3) is 0.571. The van der Waals surface area contributed by atoms with Gasteiger partial charge >= 0.3 is 0 Å². The van der Waals surface area contributed by atoms with Crippen LogP contribution in [-0.4, -0.2) is 6.54 Å². The van der Waals surface area contributed by atoms with Crippen molar-refractivity contribution in [1.29, 1.82) is 0 Å². The van der Waals surface area contributed by atoms with E-state index in [4.69, 9.17) is 0 Å². The largest absolute Gasteiger partial charge is 0.313 e. The van der Waals surface area contributed by atoms with Crippen LogP contribution in [0.5, 0.6) is 0 Å². The zero-order valence-electron chi connectivity index (χ0n) is 9.63. The van der Waals surface area contributed by atoms with E-state index in [-0.39, 0.29) is 0 Å². The first kappa shape index (κ1) is 10.7. The van der Waals surface area contributed by atoms with Gasteiger partial charge < -0.3 is 5.32 Å². The summed E-state index contributed by atoms with van der Waals surface area (Å²) >= 11 is 0. The quantitative estimate of drug-likeness (QED) is 0.700. The molecule has 2 rings (SSSR count). The van der Waals surface area contributed by atoms with Crippen LogP contribution in [-0.2, 0) is 6.54 Å². The van der Waals surface area contributed by atoms with Crippen LogP contribution in [0.4, 0.5) is 0 Å². The molecule has 0 amide bonds. The standard InChI is InChI=1S/C14H21N/c1-12-4-6-14(7-5-12)11-15-10-2-3-13-8-9-13/h4-7,13,15H,2-3,8-11H2,1H3. The molecule has 0 spiro atoms. The SMILES string of the molecule is Cc1ccc(CNCCCC2CC2)cc1. The number of hydrogen-bond donors (Lipinski definition) is 1. The highest BCUT2D eigenvalue weighted by atomic mass is 14.8. The molecule has 0 aliphatic heterocycles. The minimum absolute atomic E-state index is 1.02. The van der Waals surface area contributed by atoms with Gasteiger partial charge in [0.05, 0.1) is 0 Å².